The maximum Gasteiger partial charge on any atom is 0.409 e. The second kappa shape index (κ2) is 7.66. The molecule has 6 nitrogen and oxygen atoms in total. The molecule has 0 radical (unpaired) electrons. The van der Waals surface area contributed by atoms with E-state index in [2.05, 4.69) is 10.1 Å². The predicted octanol–water partition coefficient (Wildman–Crippen LogP) is 2.25. The summed E-state index contributed by atoms with van der Waals surface area (Å²) >= 11 is 0. The van der Waals surface area contributed by atoms with Gasteiger partial charge in [0.2, 0.25) is 0 Å². The van der Waals surface area contributed by atoms with E-state index in [9.17, 15) is 9.59 Å². The van der Waals surface area contributed by atoms with Gasteiger partial charge in [0.15, 0.2) is 6.10 Å². The van der Waals surface area contributed by atoms with Crippen LogP contribution in [0.5, 0.6) is 0 Å². The molecule has 1 atom stereocenters. The van der Waals surface area contributed by atoms with E-state index >= 15 is 0 Å². The minimum Gasteiger partial charge on any atom is -0.453 e. The lowest BCUT2D eigenvalue weighted by Gasteiger charge is -2.39. The fraction of sp³-hybridized carbons (Fsp3) is 0.556. The Hall–Kier alpha value is -2.08. The number of hydrogen-bond acceptors (Lipinski definition) is 4. The molecule has 0 aromatic heterocycles. The van der Waals surface area contributed by atoms with Crippen LogP contribution < -0.4 is 5.32 Å². The van der Waals surface area contributed by atoms with E-state index in [1.165, 1.54) is 7.11 Å². The molecule has 130 valence electrons. The molecule has 1 aliphatic carbocycles. The lowest BCUT2D eigenvalue weighted by atomic mass is 10.1. The molecule has 0 bridgehead atoms. The van der Waals surface area contributed by atoms with Crippen molar-refractivity contribution >= 4 is 12.0 Å². The highest BCUT2D eigenvalue weighted by Crippen LogP contribution is 2.28. The number of carbonyl (C=O) groups excluding carboxylic acids is 2. The van der Waals surface area contributed by atoms with E-state index in [4.69, 9.17) is 4.74 Å². The second-order valence-corrected chi connectivity index (χ2v) is 6.41. The number of nitrogens with one attached hydrogen (secondary N) is 1. The first-order valence-electron chi connectivity index (χ1n) is 8.51. The van der Waals surface area contributed by atoms with Crippen LogP contribution in [0, 0.1) is 0 Å². The molecule has 1 aromatic rings. The Bertz CT molecular complexity index is 566. The molecule has 2 amide bonds. The van der Waals surface area contributed by atoms with Crippen LogP contribution in [0.1, 0.15) is 37.4 Å². The Morgan fingerprint density at radius 3 is 2.46 bits per heavy atom. The van der Waals surface area contributed by atoms with Crippen molar-refractivity contribution in [1.82, 2.24) is 10.2 Å². The SMILES string of the molecule is COC(=O)N1CC(NC(=O)[C@H](OC2CCCC2)c2ccccc2)C1. The molecular weight excluding hydrogens is 308 g/mol. The first-order valence-corrected chi connectivity index (χ1v) is 8.51. The van der Waals surface area contributed by atoms with Crippen LogP contribution in [0.4, 0.5) is 4.79 Å². The van der Waals surface area contributed by atoms with Gasteiger partial charge in [-0.3, -0.25) is 4.79 Å². The number of nitrogens with zero attached hydrogens (tertiary/aromatic N) is 1. The number of hydrogen-bond donors (Lipinski definition) is 1. The maximum absolute atomic E-state index is 12.7. The van der Waals surface area contributed by atoms with Crippen molar-refractivity contribution in [3.8, 4) is 0 Å². The molecule has 2 fully saturated rings. The summed E-state index contributed by atoms with van der Waals surface area (Å²) in [4.78, 5) is 25.6. The zero-order valence-electron chi connectivity index (χ0n) is 13.9. The third-order valence-corrected chi connectivity index (χ3v) is 4.63. The van der Waals surface area contributed by atoms with Gasteiger partial charge in [0, 0.05) is 13.1 Å². The third-order valence-electron chi connectivity index (χ3n) is 4.63. The normalized spacial score (nSPS) is 19.6. The summed E-state index contributed by atoms with van der Waals surface area (Å²) in [6, 6.07) is 9.54. The average molecular weight is 332 g/mol. The van der Waals surface area contributed by atoms with Gasteiger partial charge in [0.1, 0.15) is 0 Å². The number of ether oxygens (including phenoxy) is 2. The van der Waals surface area contributed by atoms with E-state index < -0.39 is 6.10 Å². The topological polar surface area (TPSA) is 67.9 Å². The number of carbonyl (C=O) groups is 2. The highest BCUT2D eigenvalue weighted by Gasteiger charge is 2.35. The predicted molar refractivity (Wildman–Crippen MR) is 88.4 cm³/mol. The highest BCUT2D eigenvalue weighted by atomic mass is 16.5. The van der Waals surface area contributed by atoms with Gasteiger partial charge in [-0.15, -0.1) is 0 Å². The molecular formula is C18H24N2O4. The van der Waals surface area contributed by atoms with E-state index in [1.807, 2.05) is 30.3 Å². The number of methoxy groups -OCH3 is 1. The third kappa shape index (κ3) is 3.87. The van der Waals surface area contributed by atoms with Crippen LogP contribution >= 0.6 is 0 Å². The van der Waals surface area contributed by atoms with Gasteiger partial charge in [-0.25, -0.2) is 4.79 Å². The average Bonchev–Trinajstić information content (AvgIpc) is 3.08. The lowest BCUT2D eigenvalue weighted by Crippen LogP contribution is -2.61. The fourth-order valence-corrected chi connectivity index (χ4v) is 3.26. The van der Waals surface area contributed by atoms with Gasteiger partial charge in [0.25, 0.3) is 5.91 Å². The quantitative estimate of drug-likeness (QED) is 0.898. The van der Waals surface area contributed by atoms with Crippen LogP contribution in [0.25, 0.3) is 0 Å². The van der Waals surface area contributed by atoms with Gasteiger partial charge in [-0.05, 0) is 18.4 Å². The van der Waals surface area contributed by atoms with Crippen molar-refractivity contribution in [2.75, 3.05) is 20.2 Å². The van der Waals surface area contributed by atoms with Crippen molar-refractivity contribution in [2.45, 2.75) is 43.9 Å². The summed E-state index contributed by atoms with van der Waals surface area (Å²) in [7, 11) is 1.36. The Morgan fingerprint density at radius 1 is 1.17 bits per heavy atom. The van der Waals surface area contributed by atoms with E-state index in [1.54, 1.807) is 4.90 Å². The molecule has 24 heavy (non-hydrogen) atoms. The smallest absolute Gasteiger partial charge is 0.409 e. The Kier molecular flexibility index (Phi) is 5.35. The largest absolute Gasteiger partial charge is 0.453 e. The van der Waals surface area contributed by atoms with Crippen LogP contribution in [0.2, 0.25) is 0 Å². The zero-order chi connectivity index (χ0) is 16.9. The van der Waals surface area contributed by atoms with Gasteiger partial charge >= 0.3 is 6.09 Å². The van der Waals surface area contributed by atoms with Crippen molar-refractivity contribution in [2.24, 2.45) is 0 Å². The van der Waals surface area contributed by atoms with Gasteiger partial charge in [-0.1, -0.05) is 43.2 Å². The minimum atomic E-state index is -0.596. The van der Waals surface area contributed by atoms with Gasteiger partial charge < -0.3 is 19.7 Å². The summed E-state index contributed by atoms with van der Waals surface area (Å²) in [5.74, 6) is -0.136. The van der Waals surface area contributed by atoms with E-state index in [0.29, 0.717) is 13.1 Å². The first kappa shape index (κ1) is 16.8. The molecule has 2 aliphatic rings. The summed E-state index contributed by atoms with van der Waals surface area (Å²) in [6.45, 7) is 0.951. The zero-order valence-corrected chi connectivity index (χ0v) is 13.9. The molecule has 1 saturated heterocycles. The summed E-state index contributed by atoms with van der Waals surface area (Å²) in [5.41, 5.74) is 0.867. The maximum atomic E-state index is 12.7. The summed E-state index contributed by atoms with van der Waals surface area (Å²) in [6.07, 6.45) is 3.53. The number of benzene rings is 1. The van der Waals surface area contributed by atoms with Crippen molar-refractivity contribution in [3.63, 3.8) is 0 Å². The fourth-order valence-electron chi connectivity index (χ4n) is 3.26. The number of amides is 2. The summed E-state index contributed by atoms with van der Waals surface area (Å²) < 4.78 is 10.8. The molecule has 1 aliphatic heterocycles. The molecule has 0 spiro atoms. The molecule has 3 rings (SSSR count). The van der Waals surface area contributed by atoms with Crippen molar-refractivity contribution in [3.05, 3.63) is 35.9 Å². The highest BCUT2D eigenvalue weighted by molar-refractivity contribution is 5.83. The van der Waals surface area contributed by atoms with E-state index in [-0.39, 0.29) is 24.1 Å². The molecule has 0 unspecified atom stereocenters. The molecule has 1 aromatic carbocycles. The molecule has 1 heterocycles. The molecule has 6 heteroatoms. The number of likely N-dealkylation sites (tertiary alicyclic amines) is 1. The van der Waals surface area contributed by atoms with Crippen LogP contribution in [-0.2, 0) is 14.3 Å². The Balaban J connectivity index is 1.60. The Morgan fingerprint density at radius 2 is 1.83 bits per heavy atom. The van der Waals surface area contributed by atoms with Crippen LogP contribution in [0.3, 0.4) is 0 Å². The van der Waals surface area contributed by atoms with Crippen LogP contribution in [0.15, 0.2) is 30.3 Å². The monoisotopic (exact) mass is 332 g/mol. The Labute approximate surface area is 142 Å². The molecule has 1 N–H and O–H groups in total. The second-order valence-electron chi connectivity index (χ2n) is 6.41. The van der Waals surface area contributed by atoms with E-state index in [0.717, 1.165) is 31.2 Å². The first-order chi connectivity index (χ1) is 11.7. The lowest BCUT2D eigenvalue weighted by molar-refractivity contribution is -0.139. The van der Waals surface area contributed by atoms with Gasteiger partial charge in [-0.2, -0.15) is 0 Å². The van der Waals surface area contributed by atoms with Gasteiger partial charge in [0.05, 0.1) is 19.3 Å². The van der Waals surface area contributed by atoms with Crippen LogP contribution in [-0.4, -0.2) is 49.2 Å². The minimum absolute atomic E-state index is 0.0463. The van der Waals surface area contributed by atoms with Crippen molar-refractivity contribution in [1.29, 1.82) is 0 Å². The standard InChI is InChI=1S/C18H24N2O4/c1-23-18(22)20-11-14(12-20)19-17(21)16(13-7-3-2-4-8-13)24-15-9-5-6-10-15/h2-4,7-8,14-16H,5-6,9-12H2,1H3,(H,19,21)/t16-/m1/s1. The number of rotatable bonds is 5. The van der Waals surface area contributed by atoms with Crippen molar-refractivity contribution < 1.29 is 19.1 Å². The summed E-state index contributed by atoms with van der Waals surface area (Å²) in [5, 5.41) is 2.98. The molecule has 1 saturated carbocycles.